The Morgan fingerprint density at radius 1 is 1.22 bits per heavy atom. The summed E-state index contributed by atoms with van der Waals surface area (Å²) in [7, 11) is 1.85. The summed E-state index contributed by atoms with van der Waals surface area (Å²) in [5.74, 6) is 0.190. The van der Waals surface area contributed by atoms with Gasteiger partial charge in [-0.2, -0.15) is 0 Å². The Bertz CT molecular complexity index is 697. The second kappa shape index (κ2) is 6.71. The van der Waals surface area contributed by atoms with Gasteiger partial charge in [-0.05, 0) is 36.1 Å². The topological polar surface area (TPSA) is 40.5 Å². The Morgan fingerprint density at radius 3 is 2.65 bits per heavy atom. The number of rotatable bonds is 4. The lowest BCUT2D eigenvalue weighted by molar-refractivity contribution is -0.132. The summed E-state index contributed by atoms with van der Waals surface area (Å²) in [6, 6.07) is 14.4. The van der Waals surface area contributed by atoms with Gasteiger partial charge in [0.25, 0.3) is 0 Å². The van der Waals surface area contributed by atoms with E-state index in [1.54, 1.807) is 4.90 Å². The van der Waals surface area contributed by atoms with Crippen LogP contribution in [-0.4, -0.2) is 35.6 Å². The molecule has 0 aliphatic heterocycles. The first-order chi connectivity index (χ1) is 11.1. The van der Waals surface area contributed by atoms with Crippen LogP contribution in [0.15, 0.2) is 42.5 Å². The van der Waals surface area contributed by atoms with Crippen LogP contribution in [0.2, 0.25) is 0 Å². The van der Waals surface area contributed by atoms with Gasteiger partial charge in [0.2, 0.25) is 5.91 Å². The van der Waals surface area contributed by atoms with Crippen molar-refractivity contribution in [2.75, 3.05) is 13.6 Å². The number of fused-ring (bicyclic) bond motifs is 1. The predicted molar refractivity (Wildman–Crippen MR) is 93.3 cm³/mol. The summed E-state index contributed by atoms with van der Waals surface area (Å²) in [5, 5.41) is 12.3. The van der Waals surface area contributed by atoms with Gasteiger partial charge in [0.1, 0.15) is 0 Å². The normalized spacial score (nSPS) is 22.2. The molecule has 1 saturated carbocycles. The minimum Gasteiger partial charge on any atom is -0.393 e. The molecule has 0 saturated heterocycles. The summed E-state index contributed by atoms with van der Waals surface area (Å²) in [5.41, 5.74) is 1.05. The maximum absolute atomic E-state index is 12.7. The molecule has 3 unspecified atom stereocenters. The third-order valence-corrected chi connectivity index (χ3v) is 5.15. The predicted octanol–water partition coefficient (Wildman–Crippen LogP) is 3.56. The summed E-state index contributed by atoms with van der Waals surface area (Å²) < 4.78 is 0. The smallest absolute Gasteiger partial charge is 0.229 e. The fourth-order valence-corrected chi connectivity index (χ4v) is 3.62. The summed E-state index contributed by atoms with van der Waals surface area (Å²) in [6.07, 6.45) is 2.70. The Labute approximate surface area is 137 Å². The molecule has 1 aliphatic rings. The summed E-state index contributed by atoms with van der Waals surface area (Å²) in [6.45, 7) is 2.62. The number of hydrogen-bond donors (Lipinski definition) is 1. The molecule has 3 nitrogen and oxygen atoms in total. The van der Waals surface area contributed by atoms with Gasteiger partial charge < -0.3 is 10.0 Å². The third-order valence-electron chi connectivity index (χ3n) is 5.15. The van der Waals surface area contributed by atoms with Crippen molar-refractivity contribution in [3.63, 3.8) is 0 Å². The molecule has 0 spiro atoms. The van der Waals surface area contributed by atoms with E-state index in [0.717, 1.165) is 24.8 Å². The van der Waals surface area contributed by atoms with Crippen molar-refractivity contribution in [2.24, 2.45) is 5.92 Å². The highest BCUT2D eigenvalue weighted by molar-refractivity contribution is 5.87. The van der Waals surface area contributed by atoms with Crippen LogP contribution in [0.5, 0.6) is 0 Å². The first kappa shape index (κ1) is 16.0. The Balaban J connectivity index is 1.72. The zero-order chi connectivity index (χ0) is 16.4. The molecule has 0 bridgehead atoms. The molecule has 1 fully saturated rings. The highest BCUT2D eigenvalue weighted by Crippen LogP contribution is 2.28. The second-order valence-corrected chi connectivity index (χ2v) is 6.81. The molecule has 1 amide bonds. The molecular weight excluding hydrogens is 286 g/mol. The number of aliphatic hydroxyl groups is 1. The molecule has 0 radical (unpaired) electrons. The van der Waals surface area contributed by atoms with Gasteiger partial charge in [0, 0.05) is 19.5 Å². The van der Waals surface area contributed by atoms with Gasteiger partial charge in [0.05, 0.1) is 12.0 Å². The molecular formula is C20H25NO2. The van der Waals surface area contributed by atoms with Crippen LogP contribution in [0, 0.1) is 5.92 Å². The number of carbonyl (C=O) groups is 1. The summed E-state index contributed by atoms with van der Waals surface area (Å²) >= 11 is 0. The van der Waals surface area contributed by atoms with Gasteiger partial charge >= 0.3 is 0 Å². The monoisotopic (exact) mass is 311 g/mol. The molecule has 23 heavy (non-hydrogen) atoms. The van der Waals surface area contributed by atoms with E-state index in [4.69, 9.17) is 0 Å². The zero-order valence-electron chi connectivity index (χ0n) is 13.9. The molecule has 3 heteroatoms. The number of likely N-dealkylation sites (N-methyl/N-ethyl adjacent to an activating group) is 1. The van der Waals surface area contributed by atoms with E-state index >= 15 is 0 Å². The fraction of sp³-hybridized carbons (Fsp3) is 0.450. The second-order valence-electron chi connectivity index (χ2n) is 6.81. The largest absolute Gasteiger partial charge is 0.393 e. The Morgan fingerprint density at radius 2 is 1.96 bits per heavy atom. The van der Waals surface area contributed by atoms with Crippen LogP contribution >= 0.6 is 0 Å². The lowest BCUT2D eigenvalue weighted by atomic mass is 9.96. The standard InChI is InChI=1S/C20H25NO2/c1-14(16-11-10-15-6-3-4-7-17(15)12-16)20(23)21(2)13-18-8-5-9-19(18)22/h3-4,6-7,10-12,14,18-19,22H,5,8-9,13H2,1-2H3. The van der Waals surface area contributed by atoms with Gasteiger partial charge in [-0.25, -0.2) is 0 Å². The molecule has 3 rings (SSSR count). The third kappa shape index (κ3) is 3.40. The SMILES string of the molecule is CC(C(=O)N(C)CC1CCCC1O)c1ccc2ccccc2c1. The number of nitrogens with zero attached hydrogens (tertiary/aromatic N) is 1. The van der Waals surface area contributed by atoms with Gasteiger partial charge in [-0.15, -0.1) is 0 Å². The fourth-order valence-electron chi connectivity index (χ4n) is 3.62. The van der Waals surface area contributed by atoms with Crippen LogP contribution in [-0.2, 0) is 4.79 Å². The van der Waals surface area contributed by atoms with E-state index in [0.29, 0.717) is 6.54 Å². The van der Waals surface area contributed by atoms with E-state index in [-0.39, 0.29) is 23.8 Å². The van der Waals surface area contributed by atoms with E-state index in [1.165, 1.54) is 10.8 Å². The number of carbonyl (C=O) groups excluding carboxylic acids is 1. The lowest BCUT2D eigenvalue weighted by Crippen LogP contribution is -2.36. The molecule has 122 valence electrons. The van der Waals surface area contributed by atoms with E-state index in [2.05, 4.69) is 24.3 Å². The maximum atomic E-state index is 12.7. The van der Waals surface area contributed by atoms with Crippen LogP contribution in [0.1, 0.15) is 37.7 Å². The average molecular weight is 311 g/mol. The van der Waals surface area contributed by atoms with Gasteiger partial charge in [-0.1, -0.05) is 48.9 Å². The first-order valence-corrected chi connectivity index (χ1v) is 8.48. The van der Waals surface area contributed by atoms with Crippen molar-refractivity contribution >= 4 is 16.7 Å². The van der Waals surface area contributed by atoms with E-state index < -0.39 is 0 Å². The first-order valence-electron chi connectivity index (χ1n) is 8.48. The van der Waals surface area contributed by atoms with Crippen LogP contribution < -0.4 is 0 Å². The minimum absolute atomic E-state index is 0.124. The quantitative estimate of drug-likeness (QED) is 0.938. The van der Waals surface area contributed by atoms with Crippen molar-refractivity contribution in [2.45, 2.75) is 38.2 Å². The number of amides is 1. The van der Waals surface area contributed by atoms with Crippen molar-refractivity contribution in [3.05, 3.63) is 48.0 Å². The van der Waals surface area contributed by atoms with E-state index in [9.17, 15) is 9.90 Å². The molecule has 1 N–H and O–H groups in total. The number of hydrogen-bond acceptors (Lipinski definition) is 2. The van der Waals surface area contributed by atoms with Crippen LogP contribution in [0.25, 0.3) is 10.8 Å². The molecule has 2 aromatic rings. The van der Waals surface area contributed by atoms with Crippen molar-refractivity contribution in [1.29, 1.82) is 0 Å². The molecule has 1 aliphatic carbocycles. The average Bonchev–Trinajstić information content (AvgIpc) is 2.97. The number of aliphatic hydroxyl groups excluding tert-OH is 1. The van der Waals surface area contributed by atoms with Crippen LogP contribution in [0.4, 0.5) is 0 Å². The Kier molecular flexibility index (Phi) is 4.67. The molecule has 3 atom stereocenters. The molecule has 2 aromatic carbocycles. The zero-order valence-corrected chi connectivity index (χ0v) is 13.9. The van der Waals surface area contributed by atoms with Crippen LogP contribution in [0.3, 0.4) is 0 Å². The maximum Gasteiger partial charge on any atom is 0.229 e. The Hall–Kier alpha value is -1.87. The highest BCUT2D eigenvalue weighted by atomic mass is 16.3. The van der Waals surface area contributed by atoms with Crippen molar-refractivity contribution in [3.8, 4) is 0 Å². The molecule has 0 aromatic heterocycles. The highest BCUT2D eigenvalue weighted by Gasteiger charge is 2.29. The molecule has 0 heterocycles. The van der Waals surface area contributed by atoms with Crippen molar-refractivity contribution in [1.82, 2.24) is 4.90 Å². The van der Waals surface area contributed by atoms with Gasteiger partial charge in [0.15, 0.2) is 0 Å². The van der Waals surface area contributed by atoms with E-state index in [1.807, 2.05) is 32.2 Å². The lowest BCUT2D eigenvalue weighted by Gasteiger charge is -2.26. The van der Waals surface area contributed by atoms with Crippen molar-refractivity contribution < 1.29 is 9.90 Å². The van der Waals surface area contributed by atoms with Gasteiger partial charge in [-0.3, -0.25) is 4.79 Å². The number of benzene rings is 2. The summed E-state index contributed by atoms with van der Waals surface area (Å²) in [4.78, 5) is 14.5. The minimum atomic E-state index is -0.249.